The first-order valence-corrected chi connectivity index (χ1v) is 6.47. The maximum absolute atomic E-state index is 8.48. The van der Waals surface area contributed by atoms with Crippen LogP contribution >= 0.6 is 11.3 Å². The number of hydrogen-bond donors (Lipinski definition) is 1. The summed E-state index contributed by atoms with van der Waals surface area (Å²) in [6, 6.07) is 4.78. The second-order valence-electron chi connectivity index (χ2n) is 3.59. The molecule has 17 heavy (non-hydrogen) atoms. The van der Waals surface area contributed by atoms with E-state index in [4.69, 9.17) is 10.00 Å². The first-order valence-electron chi connectivity index (χ1n) is 5.59. The van der Waals surface area contributed by atoms with Crippen LogP contribution in [-0.2, 0) is 11.2 Å². The fraction of sp³-hybridized carbons (Fsp3) is 0.500. The third-order valence-electron chi connectivity index (χ3n) is 2.48. The zero-order chi connectivity index (χ0) is 12.5. The average Bonchev–Trinajstić information content (AvgIpc) is 2.86. The maximum Gasteiger partial charge on any atom is 0.300 e. The van der Waals surface area contributed by atoms with E-state index >= 15 is 0 Å². The van der Waals surface area contributed by atoms with Gasteiger partial charge in [-0.1, -0.05) is 13.0 Å². The van der Waals surface area contributed by atoms with Crippen LogP contribution in [0.15, 0.2) is 22.5 Å². The minimum Gasteiger partial charge on any atom is -0.468 e. The fourth-order valence-electron chi connectivity index (χ4n) is 1.51. The van der Waals surface area contributed by atoms with Crippen LogP contribution in [0.5, 0.6) is 0 Å². The number of methoxy groups -OCH3 is 1. The summed E-state index contributed by atoms with van der Waals surface area (Å²) in [7, 11) is 1.51. The Balaban J connectivity index is 2.43. The van der Waals surface area contributed by atoms with Crippen molar-refractivity contribution >= 4 is 17.4 Å². The van der Waals surface area contributed by atoms with Gasteiger partial charge >= 0.3 is 0 Å². The van der Waals surface area contributed by atoms with Gasteiger partial charge in [0.2, 0.25) is 6.19 Å². The molecule has 0 fully saturated rings. The van der Waals surface area contributed by atoms with Crippen molar-refractivity contribution in [3.63, 3.8) is 0 Å². The Hall–Kier alpha value is -1.54. The number of aryl methyl sites for hydroxylation is 1. The van der Waals surface area contributed by atoms with Crippen LogP contribution in [0.3, 0.4) is 0 Å². The van der Waals surface area contributed by atoms with Gasteiger partial charge in [0.15, 0.2) is 0 Å². The normalized spacial score (nSPS) is 12.9. The molecule has 0 aliphatic heterocycles. The van der Waals surface area contributed by atoms with Crippen LogP contribution in [0, 0.1) is 11.5 Å². The predicted molar refractivity (Wildman–Crippen MR) is 69.9 cm³/mol. The molecule has 0 radical (unpaired) electrons. The van der Waals surface area contributed by atoms with Gasteiger partial charge in [0, 0.05) is 10.9 Å². The predicted octanol–water partition coefficient (Wildman–Crippen LogP) is 2.53. The Labute approximate surface area is 106 Å². The summed E-state index contributed by atoms with van der Waals surface area (Å²) >= 11 is 1.77. The third kappa shape index (κ3) is 4.87. The van der Waals surface area contributed by atoms with Crippen LogP contribution in [-0.4, -0.2) is 19.2 Å². The van der Waals surface area contributed by atoms with Crippen LogP contribution < -0.4 is 5.32 Å². The first-order chi connectivity index (χ1) is 8.30. The van der Waals surface area contributed by atoms with Crippen molar-refractivity contribution in [3.05, 3.63) is 22.4 Å². The summed E-state index contributed by atoms with van der Waals surface area (Å²) in [5.74, 6) is 0. The number of thiophene rings is 1. The topological polar surface area (TPSA) is 57.4 Å². The van der Waals surface area contributed by atoms with Crippen molar-refractivity contribution in [2.75, 3.05) is 7.11 Å². The quantitative estimate of drug-likeness (QED) is 0.497. The first kappa shape index (κ1) is 13.5. The molecule has 5 heteroatoms. The highest BCUT2D eigenvalue weighted by Crippen LogP contribution is 2.13. The van der Waals surface area contributed by atoms with Gasteiger partial charge in [-0.3, -0.25) is 0 Å². The van der Waals surface area contributed by atoms with Crippen molar-refractivity contribution in [3.8, 4) is 6.19 Å². The van der Waals surface area contributed by atoms with Gasteiger partial charge in [-0.05, 0) is 30.7 Å². The van der Waals surface area contributed by atoms with Gasteiger partial charge in [-0.2, -0.15) is 5.26 Å². The second-order valence-corrected chi connectivity index (χ2v) is 4.62. The summed E-state index contributed by atoms with van der Waals surface area (Å²) in [6.07, 6.45) is 4.73. The summed E-state index contributed by atoms with van der Waals surface area (Å²) in [4.78, 5) is 4.94. The van der Waals surface area contributed by atoms with Gasteiger partial charge < -0.3 is 10.1 Å². The zero-order valence-corrected chi connectivity index (χ0v) is 11.0. The molecule has 1 heterocycles. The largest absolute Gasteiger partial charge is 0.468 e. The summed E-state index contributed by atoms with van der Waals surface area (Å²) in [5, 5.41) is 13.7. The van der Waals surface area contributed by atoms with E-state index in [0.717, 1.165) is 19.3 Å². The number of nitriles is 1. The van der Waals surface area contributed by atoms with E-state index in [0.29, 0.717) is 6.02 Å². The lowest BCUT2D eigenvalue weighted by Crippen LogP contribution is -2.35. The summed E-state index contributed by atoms with van der Waals surface area (Å²) in [5.41, 5.74) is 0. The van der Waals surface area contributed by atoms with Crippen molar-refractivity contribution in [1.29, 1.82) is 5.26 Å². The molecule has 0 aliphatic carbocycles. The van der Waals surface area contributed by atoms with Gasteiger partial charge in [0.1, 0.15) is 0 Å². The number of amidine groups is 1. The molecule has 0 bridgehead atoms. The molecule has 0 aliphatic rings. The molecular formula is C12H17N3OS. The lowest BCUT2D eigenvalue weighted by Gasteiger charge is -2.17. The average molecular weight is 251 g/mol. The Morgan fingerprint density at radius 3 is 3.06 bits per heavy atom. The molecule has 0 amide bonds. The van der Waals surface area contributed by atoms with Crippen molar-refractivity contribution < 1.29 is 4.74 Å². The molecule has 1 atom stereocenters. The highest BCUT2D eigenvalue weighted by molar-refractivity contribution is 7.09. The number of nitrogens with zero attached hydrogens (tertiary/aromatic N) is 2. The van der Waals surface area contributed by atoms with Crippen LogP contribution in [0.4, 0.5) is 0 Å². The van der Waals surface area contributed by atoms with E-state index in [9.17, 15) is 0 Å². The van der Waals surface area contributed by atoms with Crippen LogP contribution in [0.2, 0.25) is 0 Å². The number of hydrogen-bond acceptors (Lipinski definition) is 4. The molecule has 1 rings (SSSR count). The van der Waals surface area contributed by atoms with E-state index in [2.05, 4.69) is 34.7 Å². The number of nitrogens with one attached hydrogen (secondary N) is 1. The molecule has 0 saturated carbocycles. The van der Waals surface area contributed by atoms with Gasteiger partial charge in [-0.25, -0.2) is 0 Å². The minimum atomic E-state index is 0.282. The van der Waals surface area contributed by atoms with Crippen molar-refractivity contribution in [2.24, 2.45) is 4.99 Å². The fourth-order valence-corrected chi connectivity index (χ4v) is 2.23. The molecule has 0 saturated heterocycles. The van der Waals surface area contributed by atoms with Crippen molar-refractivity contribution in [1.82, 2.24) is 5.32 Å². The van der Waals surface area contributed by atoms with E-state index in [1.54, 1.807) is 17.5 Å². The van der Waals surface area contributed by atoms with Gasteiger partial charge in [-0.15, -0.1) is 16.3 Å². The standard InChI is InChI=1S/C12H17N3OS/c1-3-10(15-12(16-2)14-9-13)6-7-11-5-4-8-17-11/h4-5,8,10H,3,6-7H2,1-2H3,(H,14,15). The molecule has 0 spiro atoms. The van der Waals surface area contributed by atoms with E-state index < -0.39 is 0 Å². The van der Waals surface area contributed by atoms with Crippen LogP contribution in [0.1, 0.15) is 24.6 Å². The molecule has 1 N–H and O–H groups in total. The molecule has 1 aromatic heterocycles. The molecule has 1 aromatic rings. The number of rotatable bonds is 5. The van der Waals surface area contributed by atoms with Crippen LogP contribution in [0.25, 0.3) is 0 Å². The second kappa shape index (κ2) is 7.69. The molecule has 0 aromatic carbocycles. The SMILES string of the molecule is CCC(CCc1cccs1)N/C(=N/C#N)OC. The van der Waals surface area contributed by atoms with E-state index in [-0.39, 0.29) is 6.04 Å². The Morgan fingerprint density at radius 2 is 2.53 bits per heavy atom. The highest BCUT2D eigenvalue weighted by atomic mass is 32.1. The molecule has 1 unspecified atom stereocenters. The zero-order valence-electron chi connectivity index (χ0n) is 10.1. The smallest absolute Gasteiger partial charge is 0.300 e. The Bertz CT molecular complexity index is 381. The van der Waals surface area contributed by atoms with E-state index in [1.165, 1.54) is 12.0 Å². The third-order valence-corrected chi connectivity index (χ3v) is 3.42. The van der Waals surface area contributed by atoms with Gasteiger partial charge in [0.05, 0.1) is 7.11 Å². The Kier molecular flexibility index (Phi) is 6.12. The summed E-state index contributed by atoms with van der Waals surface area (Å²) < 4.78 is 4.98. The Morgan fingerprint density at radius 1 is 1.71 bits per heavy atom. The lowest BCUT2D eigenvalue weighted by molar-refractivity contribution is 0.363. The lowest BCUT2D eigenvalue weighted by atomic mass is 10.1. The molecule has 4 nitrogen and oxygen atoms in total. The monoisotopic (exact) mass is 251 g/mol. The van der Waals surface area contributed by atoms with Crippen molar-refractivity contribution in [2.45, 2.75) is 32.2 Å². The van der Waals surface area contributed by atoms with E-state index in [1.807, 2.05) is 0 Å². The summed E-state index contributed by atoms with van der Waals surface area (Å²) in [6.45, 7) is 2.10. The maximum atomic E-state index is 8.48. The molecule has 92 valence electrons. The minimum absolute atomic E-state index is 0.282. The highest BCUT2D eigenvalue weighted by Gasteiger charge is 2.09. The van der Waals surface area contributed by atoms with Gasteiger partial charge in [0.25, 0.3) is 6.02 Å². The number of ether oxygens (including phenoxy) is 1. The molecular weight excluding hydrogens is 234 g/mol. The number of aliphatic imine (C=N–C) groups is 1.